The van der Waals surface area contributed by atoms with Gasteiger partial charge in [0.2, 0.25) is 0 Å². The van der Waals surface area contributed by atoms with Crippen molar-refractivity contribution in [3.05, 3.63) is 109 Å². The third-order valence-corrected chi connectivity index (χ3v) is 11.7. The molecule has 0 N–H and O–H groups in total. The molecule has 0 aliphatic carbocycles. The van der Waals surface area contributed by atoms with Crippen LogP contribution in [0.3, 0.4) is 0 Å². The SMILES string of the molecule is CC\C=C/C=C\C=C/C=C\C=C\C=C/C=C\CCCCCC(=O)OCC(COC(=O)CCCCCCC/C=C\CCCCC)OC(=O)CCCCCCCCC/C=C\CCCCCCCCCC. The number of allylic oxidation sites excluding steroid dienone is 18. The fourth-order valence-corrected chi connectivity index (χ4v) is 7.47. The first kappa shape index (κ1) is 64.1. The summed E-state index contributed by atoms with van der Waals surface area (Å²) in [5.41, 5.74) is 0. The lowest BCUT2D eigenvalue weighted by Crippen LogP contribution is -2.30. The molecule has 0 amide bonds. The maximum atomic E-state index is 12.8. The summed E-state index contributed by atoms with van der Waals surface area (Å²) < 4.78 is 16.8. The molecule has 0 aromatic heterocycles. The van der Waals surface area contributed by atoms with Gasteiger partial charge in [-0.05, 0) is 89.9 Å². The van der Waals surface area contributed by atoms with Crippen LogP contribution in [-0.4, -0.2) is 37.2 Å². The minimum absolute atomic E-state index is 0.101. The van der Waals surface area contributed by atoms with Gasteiger partial charge in [-0.25, -0.2) is 0 Å². The Labute approximate surface area is 419 Å². The van der Waals surface area contributed by atoms with Gasteiger partial charge in [-0.2, -0.15) is 0 Å². The van der Waals surface area contributed by atoms with E-state index < -0.39 is 6.10 Å². The first-order valence-electron chi connectivity index (χ1n) is 28.0. The molecule has 0 saturated heterocycles. The summed E-state index contributed by atoms with van der Waals surface area (Å²) in [6, 6.07) is 0. The number of carbonyl (C=O) groups excluding carboxylic acids is 3. The zero-order chi connectivity index (χ0) is 49.3. The third kappa shape index (κ3) is 53.0. The molecule has 0 radical (unpaired) electrons. The lowest BCUT2D eigenvalue weighted by Gasteiger charge is -2.18. The maximum Gasteiger partial charge on any atom is 0.306 e. The molecule has 0 rings (SSSR count). The highest BCUT2D eigenvalue weighted by Gasteiger charge is 2.19. The molecule has 6 nitrogen and oxygen atoms in total. The summed E-state index contributed by atoms with van der Waals surface area (Å²) in [6.45, 7) is 6.42. The Kier molecular flexibility index (Phi) is 52.4. The van der Waals surface area contributed by atoms with Crippen LogP contribution in [0.15, 0.2) is 109 Å². The van der Waals surface area contributed by atoms with Gasteiger partial charge in [0.15, 0.2) is 6.10 Å². The predicted molar refractivity (Wildman–Crippen MR) is 293 cm³/mol. The van der Waals surface area contributed by atoms with E-state index in [1.165, 1.54) is 122 Å². The van der Waals surface area contributed by atoms with Crippen molar-refractivity contribution in [3.63, 3.8) is 0 Å². The molecular formula is C62H102O6. The van der Waals surface area contributed by atoms with Crippen LogP contribution in [0.25, 0.3) is 0 Å². The zero-order valence-corrected chi connectivity index (χ0v) is 44.1. The molecule has 0 spiro atoms. The van der Waals surface area contributed by atoms with E-state index in [1.54, 1.807) is 0 Å². The molecule has 68 heavy (non-hydrogen) atoms. The summed E-state index contributed by atoms with van der Waals surface area (Å²) in [5, 5.41) is 0. The van der Waals surface area contributed by atoms with Crippen LogP contribution in [0.5, 0.6) is 0 Å². The van der Waals surface area contributed by atoms with E-state index in [-0.39, 0.29) is 31.1 Å². The van der Waals surface area contributed by atoms with Gasteiger partial charge in [-0.15, -0.1) is 0 Å². The molecule has 0 aromatic carbocycles. The highest BCUT2D eigenvalue weighted by Crippen LogP contribution is 2.14. The van der Waals surface area contributed by atoms with Crippen molar-refractivity contribution < 1.29 is 28.6 Å². The Hall–Kier alpha value is -3.93. The highest BCUT2D eigenvalue weighted by atomic mass is 16.6. The average molecular weight is 943 g/mol. The fourth-order valence-electron chi connectivity index (χ4n) is 7.47. The van der Waals surface area contributed by atoms with Crippen LogP contribution in [0.1, 0.15) is 245 Å². The molecular weight excluding hydrogens is 841 g/mol. The average Bonchev–Trinajstić information content (AvgIpc) is 3.34. The van der Waals surface area contributed by atoms with E-state index in [9.17, 15) is 14.4 Å². The Morgan fingerprint density at radius 1 is 0.309 bits per heavy atom. The number of ether oxygens (including phenoxy) is 3. The van der Waals surface area contributed by atoms with Gasteiger partial charge >= 0.3 is 17.9 Å². The predicted octanol–water partition coefficient (Wildman–Crippen LogP) is 18.7. The van der Waals surface area contributed by atoms with Gasteiger partial charge in [0.05, 0.1) is 0 Å². The van der Waals surface area contributed by atoms with Gasteiger partial charge in [0.25, 0.3) is 0 Å². The molecule has 386 valence electrons. The van der Waals surface area contributed by atoms with Crippen LogP contribution < -0.4 is 0 Å². The third-order valence-electron chi connectivity index (χ3n) is 11.7. The Balaban J connectivity index is 4.48. The molecule has 1 unspecified atom stereocenters. The quantitative estimate of drug-likeness (QED) is 0.0199. The van der Waals surface area contributed by atoms with E-state index in [0.717, 1.165) is 83.5 Å². The van der Waals surface area contributed by atoms with E-state index in [4.69, 9.17) is 14.2 Å². The van der Waals surface area contributed by atoms with Crippen molar-refractivity contribution >= 4 is 17.9 Å². The van der Waals surface area contributed by atoms with Crippen molar-refractivity contribution in [1.29, 1.82) is 0 Å². The summed E-state index contributed by atoms with van der Waals surface area (Å²) in [7, 11) is 0. The molecule has 0 bridgehead atoms. The van der Waals surface area contributed by atoms with Gasteiger partial charge in [0, 0.05) is 19.3 Å². The Bertz CT molecular complexity index is 1410. The normalized spacial score (nSPS) is 12.9. The van der Waals surface area contributed by atoms with E-state index in [1.807, 2.05) is 72.9 Å². The minimum Gasteiger partial charge on any atom is -0.462 e. The molecule has 0 heterocycles. The number of hydrogen-bond donors (Lipinski definition) is 0. The molecule has 0 aliphatic heterocycles. The zero-order valence-electron chi connectivity index (χ0n) is 44.1. The second-order valence-electron chi connectivity index (χ2n) is 18.3. The van der Waals surface area contributed by atoms with Crippen molar-refractivity contribution in [2.75, 3.05) is 13.2 Å². The van der Waals surface area contributed by atoms with Crippen LogP contribution in [0.2, 0.25) is 0 Å². The lowest BCUT2D eigenvalue weighted by atomic mass is 10.1. The second-order valence-corrected chi connectivity index (χ2v) is 18.3. The van der Waals surface area contributed by atoms with Crippen molar-refractivity contribution in [2.45, 2.75) is 252 Å². The number of carbonyl (C=O) groups is 3. The Morgan fingerprint density at radius 2 is 0.588 bits per heavy atom. The molecule has 1 atom stereocenters. The topological polar surface area (TPSA) is 78.9 Å². The van der Waals surface area contributed by atoms with Crippen molar-refractivity contribution in [3.8, 4) is 0 Å². The summed E-state index contributed by atoms with van der Waals surface area (Å²) >= 11 is 0. The van der Waals surface area contributed by atoms with Gasteiger partial charge in [-0.3, -0.25) is 14.4 Å². The smallest absolute Gasteiger partial charge is 0.306 e. The molecule has 0 fully saturated rings. The maximum absolute atomic E-state index is 12.8. The number of rotatable bonds is 49. The second kappa shape index (κ2) is 55.7. The minimum atomic E-state index is -0.805. The summed E-state index contributed by atoms with van der Waals surface area (Å²) in [6.07, 6.45) is 75.0. The molecule has 0 aromatic rings. The standard InChI is InChI=1S/C62H102O6/c1-4-7-10-13-16-19-22-25-27-29-31-33-35-37-40-43-46-49-52-55-61(64)67-58-59(57-66-60(63)54-51-48-45-42-39-24-21-18-15-12-9-6-3)68-62(65)56-53-50-47-44-41-38-36-34-32-30-28-26-23-20-17-14-11-8-5-2/h7,10,13,16,18-19,21-22,25,27,29-33,35,37,40,59H,4-6,8-9,11-12,14-15,17,20,23-24,26,28,34,36,38-39,41-58H2,1-3H3/b10-7-,16-13-,21-18-,22-19-,27-25-,31-29+,32-30-,35-33-,40-37-. The molecule has 0 aliphatic rings. The summed E-state index contributed by atoms with van der Waals surface area (Å²) in [4.78, 5) is 38.1. The van der Waals surface area contributed by atoms with Gasteiger partial charge in [-0.1, -0.05) is 246 Å². The van der Waals surface area contributed by atoms with E-state index in [2.05, 4.69) is 57.2 Å². The van der Waals surface area contributed by atoms with Crippen LogP contribution in [0, 0.1) is 0 Å². The first-order valence-corrected chi connectivity index (χ1v) is 28.0. The largest absolute Gasteiger partial charge is 0.462 e. The van der Waals surface area contributed by atoms with Crippen LogP contribution in [0.4, 0.5) is 0 Å². The molecule has 6 heteroatoms. The fraction of sp³-hybridized carbons (Fsp3) is 0.661. The van der Waals surface area contributed by atoms with E-state index in [0.29, 0.717) is 19.3 Å². The van der Waals surface area contributed by atoms with Gasteiger partial charge in [0.1, 0.15) is 13.2 Å². The highest BCUT2D eigenvalue weighted by molar-refractivity contribution is 5.71. The Morgan fingerprint density at radius 3 is 0.985 bits per heavy atom. The first-order chi connectivity index (χ1) is 33.5. The number of esters is 3. The van der Waals surface area contributed by atoms with Crippen LogP contribution >= 0.6 is 0 Å². The van der Waals surface area contributed by atoms with Crippen molar-refractivity contribution in [2.24, 2.45) is 0 Å². The summed E-state index contributed by atoms with van der Waals surface area (Å²) in [5.74, 6) is -0.960. The number of unbranched alkanes of at least 4 members (excludes halogenated alkanes) is 26. The number of hydrogen-bond acceptors (Lipinski definition) is 6. The van der Waals surface area contributed by atoms with Crippen molar-refractivity contribution in [1.82, 2.24) is 0 Å². The monoisotopic (exact) mass is 943 g/mol. The van der Waals surface area contributed by atoms with Crippen LogP contribution in [-0.2, 0) is 28.6 Å². The lowest BCUT2D eigenvalue weighted by molar-refractivity contribution is -0.167. The van der Waals surface area contributed by atoms with Gasteiger partial charge < -0.3 is 14.2 Å². The molecule has 0 saturated carbocycles. The van der Waals surface area contributed by atoms with E-state index >= 15 is 0 Å².